The second kappa shape index (κ2) is 7.77. The molecular weight excluding hydrogens is 136 g/mol. The van der Waals surface area contributed by atoms with E-state index in [4.69, 9.17) is 0 Å². The van der Waals surface area contributed by atoms with E-state index in [2.05, 4.69) is 13.8 Å². The van der Waals surface area contributed by atoms with Crippen molar-refractivity contribution in [2.45, 2.75) is 52.4 Å². The quantitative estimate of drug-likeness (QED) is 0.533. The molecule has 0 amide bonds. The summed E-state index contributed by atoms with van der Waals surface area (Å²) < 4.78 is 0. The zero-order valence-corrected chi connectivity index (χ0v) is 7.81. The van der Waals surface area contributed by atoms with Crippen molar-refractivity contribution in [3.63, 3.8) is 0 Å². The third-order valence-corrected chi connectivity index (χ3v) is 1.84. The summed E-state index contributed by atoms with van der Waals surface area (Å²) in [6.45, 7) is 4.25. The standard InChI is InChI=1S/C7H12O.C3H8/c8-6-7-4-2-1-3-5-7;1-3-2/h6-7H,1-5H2;3H2,1-2H3. The first-order valence-corrected chi connectivity index (χ1v) is 4.80. The van der Waals surface area contributed by atoms with Crippen molar-refractivity contribution in [1.82, 2.24) is 0 Å². The molecule has 66 valence electrons. The molecule has 0 N–H and O–H groups in total. The average Bonchev–Trinajstić information content (AvgIpc) is 2.08. The summed E-state index contributed by atoms with van der Waals surface area (Å²) in [7, 11) is 0. The molecule has 1 nitrogen and oxygen atoms in total. The lowest BCUT2D eigenvalue weighted by molar-refractivity contribution is -0.111. The Morgan fingerprint density at radius 2 is 1.64 bits per heavy atom. The van der Waals surface area contributed by atoms with Gasteiger partial charge in [-0.2, -0.15) is 0 Å². The van der Waals surface area contributed by atoms with Crippen LogP contribution < -0.4 is 0 Å². The summed E-state index contributed by atoms with van der Waals surface area (Å²) in [4.78, 5) is 10.2. The zero-order valence-electron chi connectivity index (χ0n) is 7.81. The number of hydrogen-bond acceptors (Lipinski definition) is 1. The Morgan fingerprint density at radius 1 is 1.18 bits per heavy atom. The predicted octanol–water partition coefficient (Wildman–Crippen LogP) is 3.18. The van der Waals surface area contributed by atoms with E-state index in [1.54, 1.807) is 0 Å². The maximum Gasteiger partial charge on any atom is 0.123 e. The lowest BCUT2D eigenvalue weighted by Gasteiger charge is -2.14. The van der Waals surface area contributed by atoms with Crippen LogP contribution >= 0.6 is 0 Å². The van der Waals surface area contributed by atoms with Crippen LogP contribution in [0.15, 0.2) is 0 Å². The highest BCUT2D eigenvalue weighted by molar-refractivity contribution is 5.53. The fraction of sp³-hybridized carbons (Fsp3) is 0.900. The molecule has 0 radical (unpaired) electrons. The molecule has 1 saturated carbocycles. The Bertz CT molecular complexity index is 82.9. The summed E-state index contributed by atoms with van der Waals surface area (Å²) in [5.41, 5.74) is 0. The fourth-order valence-electron chi connectivity index (χ4n) is 1.27. The molecule has 1 heteroatoms. The third kappa shape index (κ3) is 6.08. The zero-order chi connectivity index (χ0) is 8.53. The van der Waals surface area contributed by atoms with Crippen LogP contribution in [0.1, 0.15) is 52.4 Å². The van der Waals surface area contributed by atoms with Gasteiger partial charge in [-0.3, -0.25) is 0 Å². The van der Waals surface area contributed by atoms with Crippen molar-refractivity contribution in [3.8, 4) is 0 Å². The maximum absolute atomic E-state index is 10.2. The largest absolute Gasteiger partial charge is 0.303 e. The summed E-state index contributed by atoms with van der Waals surface area (Å²) >= 11 is 0. The molecule has 0 aliphatic heterocycles. The predicted molar refractivity (Wildman–Crippen MR) is 48.6 cm³/mol. The Balaban J connectivity index is 0.000000292. The maximum atomic E-state index is 10.2. The SMILES string of the molecule is CCC.O=CC1CCCCC1. The molecule has 0 atom stereocenters. The van der Waals surface area contributed by atoms with E-state index in [0.29, 0.717) is 5.92 Å². The molecule has 1 aliphatic rings. The minimum atomic E-state index is 0.406. The highest BCUT2D eigenvalue weighted by atomic mass is 16.1. The van der Waals surface area contributed by atoms with E-state index in [1.165, 1.54) is 25.7 Å². The lowest BCUT2D eigenvalue weighted by Crippen LogP contribution is -2.06. The molecule has 0 unspecified atom stereocenters. The molecule has 0 aromatic carbocycles. The van der Waals surface area contributed by atoms with Crippen molar-refractivity contribution in [3.05, 3.63) is 0 Å². The van der Waals surface area contributed by atoms with Crippen LogP contribution in [0.2, 0.25) is 0 Å². The first-order valence-electron chi connectivity index (χ1n) is 4.80. The lowest BCUT2D eigenvalue weighted by atomic mass is 9.91. The minimum absolute atomic E-state index is 0.406. The Hall–Kier alpha value is -0.330. The third-order valence-electron chi connectivity index (χ3n) is 1.84. The van der Waals surface area contributed by atoms with E-state index in [1.807, 2.05) is 0 Å². The van der Waals surface area contributed by atoms with Crippen molar-refractivity contribution < 1.29 is 4.79 Å². The van der Waals surface area contributed by atoms with E-state index in [9.17, 15) is 4.79 Å². The molecule has 11 heavy (non-hydrogen) atoms. The van der Waals surface area contributed by atoms with Gasteiger partial charge >= 0.3 is 0 Å². The van der Waals surface area contributed by atoms with Crippen LogP contribution in [0, 0.1) is 5.92 Å². The van der Waals surface area contributed by atoms with E-state index >= 15 is 0 Å². The van der Waals surface area contributed by atoms with Crippen molar-refractivity contribution in [2.75, 3.05) is 0 Å². The topological polar surface area (TPSA) is 17.1 Å². The molecule has 0 bridgehead atoms. The van der Waals surface area contributed by atoms with Gasteiger partial charge in [0.15, 0.2) is 0 Å². The van der Waals surface area contributed by atoms with E-state index in [-0.39, 0.29) is 0 Å². The van der Waals surface area contributed by atoms with Gasteiger partial charge in [0, 0.05) is 5.92 Å². The molecule has 1 aliphatic carbocycles. The monoisotopic (exact) mass is 156 g/mol. The smallest absolute Gasteiger partial charge is 0.123 e. The molecule has 0 aromatic rings. The van der Waals surface area contributed by atoms with Gasteiger partial charge in [0.1, 0.15) is 6.29 Å². The average molecular weight is 156 g/mol. The summed E-state index contributed by atoms with van der Waals surface area (Å²) in [5.74, 6) is 0.406. The van der Waals surface area contributed by atoms with Crippen LogP contribution in [-0.2, 0) is 4.79 Å². The fourth-order valence-corrected chi connectivity index (χ4v) is 1.27. The Morgan fingerprint density at radius 3 is 1.91 bits per heavy atom. The van der Waals surface area contributed by atoms with Crippen molar-refractivity contribution in [1.29, 1.82) is 0 Å². The molecule has 0 saturated heterocycles. The van der Waals surface area contributed by atoms with Crippen LogP contribution in [-0.4, -0.2) is 6.29 Å². The normalized spacial score (nSPS) is 18.4. The summed E-state index contributed by atoms with van der Waals surface area (Å²) in [6, 6.07) is 0. The Kier molecular flexibility index (Phi) is 7.54. The molecule has 0 aromatic heterocycles. The van der Waals surface area contributed by atoms with Gasteiger partial charge in [-0.15, -0.1) is 0 Å². The highest BCUT2D eigenvalue weighted by Crippen LogP contribution is 2.21. The van der Waals surface area contributed by atoms with Gasteiger partial charge in [0.2, 0.25) is 0 Å². The van der Waals surface area contributed by atoms with Crippen LogP contribution in [0.3, 0.4) is 0 Å². The first kappa shape index (κ1) is 10.7. The summed E-state index contributed by atoms with van der Waals surface area (Å²) in [5, 5.41) is 0. The second-order valence-corrected chi connectivity index (χ2v) is 3.24. The van der Waals surface area contributed by atoms with Crippen LogP contribution in [0.5, 0.6) is 0 Å². The number of aldehydes is 1. The molecule has 0 heterocycles. The van der Waals surface area contributed by atoms with Crippen molar-refractivity contribution in [2.24, 2.45) is 5.92 Å². The van der Waals surface area contributed by atoms with Gasteiger partial charge in [0.25, 0.3) is 0 Å². The number of carbonyl (C=O) groups excluding carboxylic acids is 1. The second-order valence-electron chi connectivity index (χ2n) is 3.24. The molecule has 0 spiro atoms. The molecular formula is C10H20O. The number of carbonyl (C=O) groups is 1. The van der Waals surface area contributed by atoms with E-state index < -0.39 is 0 Å². The van der Waals surface area contributed by atoms with Gasteiger partial charge in [-0.25, -0.2) is 0 Å². The van der Waals surface area contributed by atoms with Gasteiger partial charge in [-0.05, 0) is 12.8 Å². The minimum Gasteiger partial charge on any atom is -0.303 e. The van der Waals surface area contributed by atoms with Gasteiger partial charge < -0.3 is 4.79 Å². The summed E-state index contributed by atoms with van der Waals surface area (Å²) in [6.07, 6.45) is 8.52. The molecule has 1 rings (SSSR count). The van der Waals surface area contributed by atoms with Gasteiger partial charge in [-0.1, -0.05) is 39.5 Å². The molecule has 1 fully saturated rings. The van der Waals surface area contributed by atoms with Crippen molar-refractivity contribution >= 4 is 6.29 Å². The number of hydrogen-bond donors (Lipinski definition) is 0. The Labute approximate surface area is 70.2 Å². The first-order chi connectivity index (χ1) is 5.35. The van der Waals surface area contributed by atoms with Crippen LogP contribution in [0.4, 0.5) is 0 Å². The highest BCUT2D eigenvalue weighted by Gasteiger charge is 2.10. The van der Waals surface area contributed by atoms with Gasteiger partial charge in [0.05, 0.1) is 0 Å². The van der Waals surface area contributed by atoms with Crippen LogP contribution in [0.25, 0.3) is 0 Å². The number of rotatable bonds is 1. The van der Waals surface area contributed by atoms with E-state index in [0.717, 1.165) is 19.1 Å².